The predicted octanol–water partition coefficient (Wildman–Crippen LogP) is 3.65. The molecule has 0 saturated carbocycles. The molecular weight excluding hydrogens is 425 g/mol. The Balaban J connectivity index is 1.49. The maximum atomic E-state index is 12.6. The Hall–Kier alpha value is -3.23. The molecule has 1 aromatic carbocycles. The van der Waals surface area contributed by atoms with E-state index in [0.29, 0.717) is 33.8 Å². The van der Waals surface area contributed by atoms with Gasteiger partial charge in [0, 0.05) is 31.6 Å². The Morgan fingerprint density at radius 3 is 2.57 bits per heavy atom. The van der Waals surface area contributed by atoms with Crippen molar-refractivity contribution in [3.63, 3.8) is 0 Å². The summed E-state index contributed by atoms with van der Waals surface area (Å²) in [4.78, 5) is 21.3. The van der Waals surface area contributed by atoms with Crippen LogP contribution >= 0.6 is 23.2 Å². The predicted molar refractivity (Wildman–Crippen MR) is 113 cm³/mol. The van der Waals surface area contributed by atoms with E-state index >= 15 is 0 Å². The molecule has 1 N–H and O–H groups in total. The summed E-state index contributed by atoms with van der Waals surface area (Å²) in [6.07, 6.45) is 5.73. The van der Waals surface area contributed by atoms with Crippen LogP contribution in [0.2, 0.25) is 10.0 Å². The maximum Gasteiger partial charge on any atom is 0.291 e. The summed E-state index contributed by atoms with van der Waals surface area (Å²) in [5.41, 5.74) is 1.34. The molecule has 0 unspecified atom stereocenters. The second-order valence-electron chi connectivity index (χ2n) is 6.35. The van der Waals surface area contributed by atoms with Crippen molar-refractivity contribution in [1.29, 1.82) is 0 Å². The Kier molecular flexibility index (Phi) is 5.78. The summed E-state index contributed by atoms with van der Waals surface area (Å²) in [5.74, 6) is 0.923. The third-order valence-corrected chi connectivity index (χ3v) is 4.95. The molecule has 4 aromatic rings. The summed E-state index contributed by atoms with van der Waals surface area (Å²) in [7, 11) is 0. The van der Waals surface area contributed by atoms with Gasteiger partial charge in [-0.25, -0.2) is 19.3 Å². The number of hydrogen-bond acceptors (Lipinski definition) is 5. The zero-order valence-electron chi connectivity index (χ0n) is 16.0. The number of carbonyl (C=O) groups excluding carboxylic acids is 1. The van der Waals surface area contributed by atoms with Crippen LogP contribution in [0.25, 0.3) is 11.5 Å². The van der Waals surface area contributed by atoms with E-state index in [1.165, 1.54) is 4.68 Å². The zero-order valence-corrected chi connectivity index (χ0v) is 17.5. The average Bonchev–Trinajstić information content (AvgIpc) is 3.43. The van der Waals surface area contributed by atoms with E-state index < -0.39 is 5.91 Å². The highest BCUT2D eigenvalue weighted by molar-refractivity contribution is 6.37. The smallest absolute Gasteiger partial charge is 0.291 e. The van der Waals surface area contributed by atoms with Crippen molar-refractivity contribution in [2.45, 2.75) is 19.9 Å². The van der Waals surface area contributed by atoms with Crippen molar-refractivity contribution in [3.8, 4) is 11.5 Å². The first-order valence-corrected chi connectivity index (χ1v) is 9.96. The molecular formula is C20H17Cl2N7O. The molecule has 30 heavy (non-hydrogen) atoms. The summed E-state index contributed by atoms with van der Waals surface area (Å²) in [6.45, 7) is 2.20. The van der Waals surface area contributed by atoms with E-state index in [4.69, 9.17) is 23.2 Å². The molecule has 0 atom stereocenters. The van der Waals surface area contributed by atoms with Crippen LogP contribution in [0.5, 0.6) is 0 Å². The van der Waals surface area contributed by atoms with E-state index in [0.717, 1.165) is 5.56 Å². The van der Waals surface area contributed by atoms with Gasteiger partial charge in [0.25, 0.3) is 5.91 Å². The molecule has 1 amide bonds. The van der Waals surface area contributed by atoms with E-state index in [-0.39, 0.29) is 12.4 Å². The molecule has 10 heteroatoms. The number of para-hydroxylation sites is 1. The van der Waals surface area contributed by atoms with Crippen molar-refractivity contribution >= 4 is 29.1 Å². The van der Waals surface area contributed by atoms with Gasteiger partial charge in [-0.1, -0.05) is 42.3 Å². The van der Waals surface area contributed by atoms with Crippen LogP contribution in [0.3, 0.4) is 0 Å². The lowest BCUT2D eigenvalue weighted by Gasteiger charge is -2.08. The van der Waals surface area contributed by atoms with Crippen molar-refractivity contribution in [1.82, 2.24) is 34.8 Å². The first kappa shape index (κ1) is 20.1. The molecule has 3 aromatic heterocycles. The molecule has 152 valence electrons. The average molecular weight is 442 g/mol. The van der Waals surface area contributed by atoms with Gasteiger partial charge in [-0.3, -0.25) is 4.79 Å². The number of amides is 1. The quantitative estimate of drug-likeness (QED) is 0.493. The van der Waals surface area contributed by atoms with Crippen LogP contribution < -0.4 is 5.32 Å². The second kappa shape index (κ2) is 8.64. The number of benzene rings is 1. The maximum absolute atomic E-state index is 12.6. The number of aromatic nitrogens is 6. The minimum atomic E-state index is -0.400. The van der Waals surface area contributed by atoms with Crippen LogP contribution in [0.1, 0.15) is 28.9 Å². The van der Waals surface area contributed by atoms with Crippen LogP contribution in [-0.4, -0.2) is 35.4 Å². The second-order valence-corrected chi connectivity index (χ2v) is 7.16. The van der Waals surface area contributed by atoms with Gasteiger partial charge < -0.3 is 5.32 Å². The van der Waals surface area contributed by atoms with Gasteiger partial charge in [0.05, 0.1) is 10.0 Å². The van der Waals surface area contributed by atoms with Crippen LogP contribution in [-0.2, 0) is 13.0 Å². The lowest BCUT2D eigenvalue weighted by Crippen LogP contribution is -2.24. The van der Waals surface area contributed by atoms with Crippen LogP contribution in [0, 0.1) is 0 Å². The number of nitrogens with zero attached hydrogens (tertiary/aromatic N) is 6. The van der Waals surface area contributed by atoms with Crippen LogP contribution in [0.15, 0.2) is 55.0 Å². The normalized spacial score (nSPS) is 10.9. The standard InChI is InChI=1S/C20H17Cl2N7O/c1-2-16-26-19(27-29(16)18-14(21)5-3-6-15(18)22)20(30)24-12-13-7-8-17(23-11-13)28-10-4-9-25-28/h3-11H,2,12H2,1H3,(H,24,30). The number of halogens is 2. The third kappa shape index (κ3) is 4.05. The van der Waals surface area contributed by atoms with E-state index in [9.17, 15) is 4.79 Å². The number of hydrogen-bond donors (Lipinski definition) is 1. The molecule has 0 spiro atoms. The number of carbonyl (C=O) groups is 1. The first-order chi connectivity index (χ1) is 14.6. The van der Waals surface area contributed by atoms with Gasteiger partial charge in [0.15, 0.2) is 5.82 Å². The monoisotopic (exact) mass is 441 g/mol. The highest BCUT2D eigenvalue weighted by atomic mass is 35.5. The number of rotatable bonds is 6. The molecule has 0 aliphatic rings. The molecule has 0 aliphatic carbocycles. The van der Waals surface area contributed by atoms with Gasteiger partial charge in [0.2, 0.25) is 5.82 Å². The van der Waals surface area contributed by atoms with E-state index in [1.54, 1.807) is 35.3 Å². The number of aryl methyl sites for hydroxylation is 1. The van der Waals surface area contributed by atoms with Crippen LogP contribution in [0.4, 0.5) is 0 Å². The number of nitrogens with one attached hydrogen (secondary N) is 1. The molecule has 0 fully saturated rings. The lowest BCUT2D eigenvalue weighted by atomic mass is 10.3. The summed E-state index contributed by atoms with van der Waals surface area (Å²) < 4.78 is 3.17. The summed E-state index contributed by atoms with van der Waals surface area (Å²) in [5, 5.41) is 12.1. The summed E-state index contributed by atoms with van der Waals surface area (Å²) >= 11 is 12.6. The Morgan fingerprint density at radius 2 is 1.93 bits per heavy atom. The number of pyridine rings is 1. The van der Waals surface area contributed by atoms with Gasteiger partial charge in [-0.05, 0) is 29.8 Å². The van der Waals surface area contributed by atoms with Crippen molar-refractivity contribution < 1.29 is 4.79 Å². The van der Waals surface area contributed by atoms with Crippen molar-refractivity contribution in [2.24, 2.45) is 0 Å². The first-order valence-electron chi connectivity index (χ1n) is 9.20. The van der Waals surface area contributed by atoms with Gasteiger partial charge >= 0.3 is 0 Å². The molecule has 0 radical (unpaired) electrons. The molecule has 8 nitrogen and oxygen atoms in total. The fourth-order valence-corrected chi connectivity index (χ4v) is 3.42. The minimum Gasteiger partial charge on any atom is -0.345 e. The third-order valence-electron chi connectivity index (χ3n) is 4.34. The highest BCUT2D eigenvalue weighted by Gasteiger charge is 2.19. The fourth-order valence-electron chi connectivity index (χ4n) is 2.86. The SMILES string of the molecule is CCc1nc(C(=O)NCc2ccc(-n3cccn3)nc2)nn1-c1c(Cl)cccc1Cl. The van der Waals surface area contributed by atoms with Gasteiger partial charge in [-0.2, -0.15) is 5.10 Å². The highest BCUT2D eigenvalue weighted by Crippen LogP contribution is 2.28. The zero-order chi connectivity index (χ0) is 21.1. The molecule has 4 rings (SSSR count). The Labute approximate surface area is 182 Å². The lowest BCUT2D eigenvalue weighted by molar-refractivity contribution is 0.0940. The van der Waals surface area contributed by atoms with Crippen molar-refractivity contribution in [2.75, 3.05) is 0 Å². The van der Waals surface area contributed by atoms with Crippen molar-refractivity contribution in [3.05, 3.63) is 82.2 Å². The Morgan fingerprint density at radius 1 is 1.13 bits per heavy atom. The molecule has 3 heterocycles. The Bertz CT molecular complexity index is 1150. The van der Waals surface area contributed by atoms with Gasteiger partial charge in [0.1, 0.15) is 11.5 Å². The van der Waals surface area contributed by atoms with E-state index in [2.05, 4.69) is 25.5 Å². The molecule has 0 saturated heterocycles. The largest absolute Gasteiger partial charge is 0.345 e. The molecule has 0 aliphatic heterocycles. The fraction of sp³-hybridized carbons (Fsp3) is 0.150. The van der Waals surface area contributed by atoms with E-state index in [1.807, 2.05) is 31.3 Å². The summed E-state index contributed by atoms with van der Waals surface area (Å²) in [6, 6.07) is 10.7. The minimum absolute atomic E-state index is 0.0453. The van der Waals surface area contributed by atoms with Gasteiger partial charge in [-0.15, -0.1) is 5.10 Å². The molecule has 0 bridgehead atoms. The topological polar surface area (TPSA) is 90.5 Å².